The van der Waals surface area contributed by atoms with Gasteiger partial charge in [0.25, 0.3) is 0 Å². The summed E-state index contributed by atoms with van der Waals surface area (Å²) in [5.41, 5.74) is 3.80. The Morgan fingerprint density at radius 3 is 1.76 bits per heavy atom. The first-order valence-corrected chi connectivity index (χ1v) is 6.56. The van der Waals surface area contributed by atoms with Crippen molar-refractivity contribution in [1.29, 1.82) is 0 Å². The first kappa shape index (κ1) is 19.0. The average molecular weight is 303 g/mol. The van der Waals surface area contributed by atoms with Gasteiger partial charge in [-0.2, -0.15) is 0 Å². The lowest BCUT2D eigenvalue weighted by atomic mass is 10.2. The van der Waals surface area contributed by atoms with Crippen LogP contribution in [-0.2, 0) is 14.3 Å². The largest absolute Gasteiger partial charge is 0.444 e. The molecule has 0 aliphatic rings. The molecule has 0 saturated heterocycles. The summed E-state index contributed by atoms with van der Waals surface area (Å²) in [4.78, 5) is 34.3. The molecule has 3 amide bonds. The number of hydrogen-bond donors (Lipinski definition) is 3. The van der Waals surface area contributed by atoms with Crippen molar-refractivity contribution in [3.8, 4) is 0 Å². The van der Waals surface area contributed by atoms with E-state index in [1.165, 1.54) is 0 Å². The molecular weight excluding hydrogens is 278 g/mol. The predicted octanol–water partition coefficient (Wildman–Crippen LogP) is 0.890. The molecule has 0 fully saturated rings. The third kappa shape index (κ3) is 10.5. The van der Waals surface area contributed by atoms with Crippen LogP contribution >= 0.6 is 0 Å². The molecule has 0 saturated carbocycles. The molecule has 0 bridgehead atoms. The fourth-order valence-electron chi connectivity index (χ4n) is 1.17. The van der Waals surface area contributed by atoms with Crippen molar-refractivity contribution in [1.82, 2.24) is 10.6 Å². The van der Waals surface area contributed by atoms with Gasteiger partial charge in [-0.3, -0.25) is 4.79 Å². The predicted molar refractivity (Wildman–Crippen MR) is 76.6 cm³/mol. The Morgan fingerprint density at radius 1 is 0.952 bits per heavy atom. The number of nitrogens with two attached hydrogens (primary N) is 1. The molecule has 0 spiro atoms. The zero-order valence-electron chi connectivity index (χ0n) is 13.4. The van der Waals surface area contributed by atoms with Crippen LogP contribution in [-0.4, -0.2) is 41.9 Å². The molecule has 8 nitrogen and oxygen atoms in total. The highest BCUT2D eigenvalue weighted by atomic mass is 16.6. The van der Waals surface area contributed by atoms with Gasteiger partial charge in [-0.15, -0.1) is 0 Å². The molecule has 0 heterocycles. The second-order valence-electron chi connectivity index (χ2n) is 6.48. The SMILES string of the molecule is CC(C)(C)OC(=O)NCC(NC(=O)OC(C)(C)C)C(N)=O. The maximum Gasteiger partial charge on any atom is 0.408 e. The van der Waals surface area contributed by atoms with Gasteiger partial charge in [0.1, 0.15) is 17.2 Å². The van der Waals surface area contributed by atoms with Gasteiger partial charge in [0, 0.05) is 0 Å². The zero-order valence-corrected chi connectivity index (χ0v) is 13.4. The van der Waals surface area contributed by atoms with E-state index in [2.05, 4.69) is 10.6 Å². The Bertz CT molecular complexity index is 396. The Hall–Kier alpha value is -1.99. The van der Waals surface area contributed by atoms with E-state index in [-0.39, 0.29) is 6.54 Å². The standard InChI is InChI=1S/C13H25N3O5/c1-12(2,3)20-10(18)15-7-8(9(14)17)16-11(19)21-13(4,5)6/h8H,7H2,1-6H3,(H2,14,17)(H,15,18)(H,16,19). The van der Waals surface area contributed by atoms with Gasteiger partial charge in [-0.25, -0.2) is 9.59 Å². The number of carbonyl (C=O) groups is 3. The minimum Gasteiger partial charge on any atom is -0.444 e. The molecule has 0 aromatic carbocycles. The second-order valence-corrected chi connectivity index (χ2v) is 6.48. The minimum absolute atomic E-state index is 0.191. The summed E-state index contributed by atoms with van der Waals surface area (Å²) in [5.74, 6) is -0.795. The Balaban J connectivity index is 4.42. The molecule has 8 heteroatoms. The van der Waals surface area contributed by atoms with E-state index in [1.54, 1.807) is 41.5 Å². The number of carbonyl (C=O) groups excluding carboxylic acids is 3. The summed E-state index contributed by atoms with van der Waals surface area (Å²) < 4.78 is 10.0. The number of primary amides is 1. The Morgan fingerprint density at radius 2 is 1.38 bits per heavy atom. The third-order valence-electron chi connectivity index (χ3n) is 1.88. The van der Waals surface area contributed by atoms with Gasteiger partial charge >= 0.3 is 12.2 Å². The number of rotatable bonds is 4. The molecule has 0 rings (SSSR count). The Labute approximate surface area is 124 Å². The van der Waals surface area contributed by atoms with Crippen LogP contribution in [0.2, 0.25) is 0 Å². The number of hydrogen-bond acceptors (Lipinski definition) is 5. The van der Waals surface area contributed by atoms with E-state index in [9.17, 15) is 14.4 Å². The quantitative estimate of drug-likeness (QED) is 0.712. The van der Waals surface area contributed by atoms with Crippen molar-refractivity contribution >= 4 is 18.1 Å². The summed E-state index contributed by atoms with van der Waals surface area (Å²) in [6.07, 6.45) is -1.50. The maximum atomic E-state index is 11.6. The average Bonchev–Trinajstić information content (AvgIpc) is 2.18. The molecule has 0 aliphatic heterocycles. The van der Waals surface area contributed by atoms with Gasteiger partial charge in [-0.05, 0) is 41.5 Å². The molecule has 0 radical (unpaired) electrons. The molecular formula is C13H25N3O5. The summed E-state index contributed by atoms with van der Waals surface area (Å²) >= 11 is 0. The van der Waals surface area contributed by atoms with E-state index in [0.29, 0.717) is 0 Å². The van der Waals surface area contributed by atoms with E-state index in [0.717, 1.165) is 0 Å². The van der Waals surface area contributed by atoms with E-state index < -0.39 is 35.3 Å². The lowest BCUT2D eigenvalue weighted by Gasteiger charge is -2.23. The lowest BCUT2D eigenvalue weighted by Crippen LogP contribution is -2.52. The molecule has 1 atom stereocenters. The molecule has 4 N–H and O–H groups in total. The molecule has 1 unspecified atom stereocenters. The maximum absolute atomic E-state index is 11.6. The van der Waals surface area contributed by atoms with Crippen molar-refractivity contribution in [3.05, 3.63) is 0 Å². The van der Waals surface area contributed by atoms with Crippen molar-refractivity contribution in [3.63, 3.8) is 0 Å². The fraction of sp³-hybridized carbons (Fsp3) is 0.769. The van der Waals surface area contributed by atoms with E-state index in [1.807, 2.05) is 0 Å². The highest BCUT2D eigenvalue weighted by Gasteiger charge is 2.24. The number of amides is 3. The summed E-state index contributed by atoms with van der Waals surface area (Å²) in [6.45, 7) is 9.98. The molecule has 0 aromatic heterocycles. The normalized spacial score (nSPS) is 13.0. The molecule has 21 heavy (non-hydrogen) atoms. The van der Waals surface area contributed by atoms with Crippen LogP contribution in [0.1, 0.15) is 41.5 Å². The zero-order chi connectivity index (χ0) is 16.8. The van der Waals surface area contributed by atoms with Crippen LogP contribution in [0.3, 0.4) is 0 Å². The van der Waals surface area contributed by atoms with Crippen LogP contribution in [0.4, 0.5) is 9.59 Å². The van der Waals surface area contributed by atoms with Crippen molar-refractivity contribution in [2.24, 2.45) is 5.73 Å². The van der Waals surface area contributed by atoms with Crippen LogP contribution in [0.25, 0.3) is 0 Å². The number of ether oxygens (including phenoxy) is 2. The summed E-state index contributed by atoms with van der Waals surface area (Å²) in [6, 6.07) is -1.09. The lowest BCUT2D eigenvalue weighted by molar-refractivity contribution is -0.119. The first-order valence-electron chi connectivity index (χ1n) is 6.56. The highest BCUT2D eigenvalue weighted by Crippen LogP contribution is 2.07. The monoisotopic (exact) mass is 303 g/mol. The van der Waals surface area contributed by atoms with E-state index in [4.69, 9.17) is 15.2 Å². The molecule has 0 aromatic rings. The minimum atomic E-state index is -1.09. The van der Waals surface area contributed by atoms with Crippen molar-refractivity contribution < 1.29 is 23.9 Å². The van der Waals surface area contributed by atoms with Crippen LogP contribution in [0, 0.1) is 0 Å². The first-order chi connectivity index (χ1) is 9.30. The smallest absolute Gasteiger partial charge is 0.408 e. The fourth-order valence-corrected chi connectivity index (χ4v) is 1.17. The van der Waals surface area contributed by atoms with Crippen LogP contribution in [0.5, 0.6) is 0 Å². The summed E-state index contributed by atoms with van der Waals surface area (Å²) in [7, 11) is 0. The van der Waals surface area contributed by atoms with E-state index >= 15 is 0 Å². The van der Waals surface area contributed by atoms with Gasteiger partial charge in [0.05, 0.1) is 6.54 Å². The van der Waals surface area contributed by atoms with Crippen LogP contribution in [0.15, 0.2) is 0 Å². The summed E-state index contributed by atoms with van der Waals surface area (Å²) in [5, 5.41) is 4.64. The Kier molecular flexibility index (Phi) is 6.47. The van der Waals surface area contributed by atoms with Crippen LogP contribution < -0.4 is 16.4 Å². The van der Waals surface area contributed by atoms with Crippen molar-refractivity contribution in [2.45, 2.75) is 58.8 Å². The number of alkyl carbamates (subject to hydrolysis) is 2. The van der Waals surface area contributed by atoms with Gasteiger partial charge in [-0.1, -0.05) is 0 Å². The van der Waals surface area contributed by atoms with Gasteiger partial charge in [0.15, 0.2) is 0 Å². The highest BCUT2D eigenvalue weighted by molar-refractivity contribution is 5.85. The van der Waals surface area contributed by atoms with Gasteiger partial charge < -0.3 is 25.8 Å². The number of nitrogens with one attached hydrogen (secondary N) is 2. The topological polar surface area (TPSA) is 120 Å². The van der Waals surface area contributed by atoms with Gasteiger partial charge in [0.2, 0.25) is 5.91 Å². The third-order valence-corrected chi connectivity index (χ3v) is 1.88. The van der Waals surface area contributed by atoms with Crippen molar-refractivity contribution in [2.75, 3.05) is 6.54 Å². The second kappa shape index (κ2) is 7.14. The molecule has 122 valence electrons. The molecule has 0 aliphatic carbocycles.